The zero-order valence-electron chi connectivity index (χ0n) is 72.5. The van der Waals surface area contributed by atoms with Crippen LogP contribution >= 0.6 is 12.2 Å². The molecule has 4 amide bonds. The third-order valence-electron chi connectivity index (χ3n) is 19.4. The van der Waals surface area contributed by atoms with E-state index in [9.17, 15) is 103 Å². The van der Waals surface area contributed by atoms with Gasteiger partial charge in [0.1, 0.15) is 73.9 Å². The SMILES string of the molecule is C.C.C.C.C.CC(=O)c1c(O)ccc(F)c1O.CC(C)(C)OC(=O)N1CCCC(=O)CC1.CC(C)(C)OC(=O)N1CCCC2(C=C(OS(=O)(=O)C(F)(F)F)c3cc(F)ccc3O2)CC1.CC(C)(C)OC(=O)N1CCCC2(CC1)CC(=O)c1cc(F)ccc1O2.CCN(CC)C(=O)c1ccc(B2OC(C)(C)C(C)(C)O2)cn1.O=S(=O)(N(SOOC(F)(F)F)c1ccccc1)C(F)(F)F. The fraction of sp³-hybridized carbons (Fsp3) is 0.563. The second kappa shape index (κ2) is 48.4. The summed E-state index contributed by atoms with van der Waals surface area (Å²) in [6.45, 7) is 33.3. The van der Waals surface area contributed by atoms with Gasteiger partial charge in [0.15, 0.2) is 41.1 Å². The number of anilines is 1. The van der Waals surface area contributed by atoms with Crippen LogP contribution < -0.4 is 18.6 Å². The number of fused-ring (bicyclic) bond motifs is 2. The van der Waals surface area contributed by atoms with E-state index in [1.54, 1.807) is 47.7 Å². The lowest BCUT2D eigenvalue weighted by molar-refractivity contribution is -0.440. The van der Waals surface area contributed by atoms with E-state index in [0.717, 1.165) is 67.7 Å². The minimum atomic E-state index is -5.99. The maximum atomic E-state index is 13.7. The molecule has 29 nitrogen and oxygen atoms in total. The predicted molar refractivity (Wildman–Crippen MR) is 473 cm³/mol. The van der Waals surface area contributed by atoms with Gasteiger partial charge in [0.25, 0.3) is 5.91 Å². The van der Waals surface area contributed by atoms with Gasteiger partial charge in [-0.05, 0) is 210 Å². The Labute approximate surface area is 769 Å². The number of pyridine rings is 1. The minimum Gasteiger partial charge on any atom is -0.507 e. The molecule has 0 radical (unpaired) electrons. The number of likely N-dealkylation sites (tertiary alicyclic amines) is 3. The van der Waals surface area contributed by atoms with E-state index in [0.29, 0.717) is 94.9 Å². The van der Waals surface area contributed by atoms with Gasteiger partial charge in [-0.25, -0.2) is 27.6 Å². The Kier molecular flexibility index (Phi) is 44.1. The molecule has 2 N–H and O–H groups in total. The fourth-order valence-corrected chi connectivity index (χ4v) is 14.6. The number of sulfonamides is 1. The van der Waals surface area contributed by atoms with Crippen LogP contribution in [0.5, 0.6) is 23.0 Å². The number of para-hydroxylation sites is 1. The highest BCUT2D eigenvalue weighted by Crippen LogP contribution is 2.46. The van der Waals surface area contributed by atoms with Crippen molar-refractivity contribution in [3.8, 4) is 23.0 Å². The van der Waals surface area contributed by atoms with Gasteiger partial charge in [0.2, 0.25) is 0 Å². The van der Waals surface area contributed by atoms with Gasteiger partial charge >= 0.3 is 62.9 Å². The lowest BCUT2D eigenvalue weighted by Gasteiger charge is -2.37. The van der Waals surface area contributed by atoms with Gasteiger partial charge < -0.3 is 67.0 Å². The van der Waals surface area contributed by atoms with Crippen molar-refractivity contribution < 1.29 is 160 Å². The van der Waals surface area contributed by atoms with Crippen molar-refractivity contribution >= 4 is 97.9 Å². The number of Topliss-reactive ketones (excluding diaryl/α,β-unsaturated/α-hetero) is 3. The van der Waals surface area contributed by atoms with Gasteiger partial charge in [0.05, 0.1) is 34.4 Å². The normalized spacial score (nSPS) is 18.1. The molecule has 0 aliphatic carbocycles. The Hall–Kier alpha value is -9.83. The van der Waals surface area contributed by atoms with E-state index in [-0.39, 0.29) is 121 Å². The van der Waals surface area contributed by atoms with Crippen LogP contribution in [0.1, 0.15) is 249 Å². The first kappa shape index (κ1) is 120. The van der Waals surface area contributed by atoms with E-state index in [2.05, 4.69) is 18.4 Å². The maximum absolute atomic E-state index is 13.7. The fourth-order valence-electron chi connectivity index (χ4n) is 12.5. The number of halogens is 12. The molecule has 2 spiro atoms. The van der Waals surface area contributed by atoms with Crippen LogP contribution in [0.25, 0.3) is 5.76 Å². The number of hydrogen-bond donors (Lipinski definition) is 2. The second-order valence-electron chi connectivity index (χ2n) is 33.4. The first-order valence-electron chi connectivity index (χ1n) is 39.6. The summed E-state index contributed by atoms with van der Waals surface area (Å²) in [4.78, 5) is 96.6. The van der Waals surface area contributed by atoms with Gasteiger partial charge in [-0.1, -0.05) is 61.4 Å². The number of carbonyl (C=O) groups is 7. The largest absolute Gasteiger partial charge is 0.550 e. The molecule has 5 aromatic rings. The van der Waals surface area contributed by atoms with Crippen LogP contribution in [0.2, 0.25) is 0 Å². The van der Waals surface area contributed by atoms with E-state index in [1.807, 2.05) is 89.2 Å². The highest BCUT2D eigenvalue weighted by Gasteiger charge is 2.55. The number of ketones is 3. The van der Waals surface area contributed by atoms with E-state index in [1.165, 1.54) is 47.4 Å². The molecule has 2 atom stereocenters. The summed E-state index contributed by atoms with van der Waals surface area (Å²) in [6.07, 6.45) is 1.01. The number of ether oxygens (including phenoxy) is 5. The monoisotopic (exact) mass is 1950 g/mol. The van der Waals surface area contributed by atoms with Crippen molar-refractivity contribution in [3.63, 3.8) is 0 Å². The highest BCUT2D eigenvalue weighted by molar-refractivity contribution is 8.12. The van der Waals surface area contributed by atoms with Crippen molar-refractivity contribution in [1.29, 1.82) is 0 Å². The summed E-state index contributed by atoms with van der Waals surface area (Å²) in [5.41, 5.74) is -15.4. The molecule has 6 aliphatic rings. The van der Waals surface area contributed by atoms with Crippen LogP contribution in [-0.4, -0.2) is 209 Å². The highest BCUT2D eigenvalue weighted by atomic mass is 32.3. The number of carbonyl (C=O) groups excluding carboxylic acids is 7. The minimum absolute atomic E-state index is 0. The average molecular weight is 1960 g/mol. The number of phenolic OH excluding ortho intramolecular Hbond substituents is 2. The summed E-state index contributed by atoms with van der Waals surface area (Å²) in [5.74, 6) is -4.14. The van der Waals surface area contributed by atoms with Crippen LogP contribution in [0, 0.1) is 17.5 Å². The number of alkyl halides is 9. The molecular formula is C87H123BF12N6O23S3. The molecule has 2 unspecified atom stereocenters. The van der Waals surface area contributed by atoms with Gasteiger partial charge in [0, 0.05) is 95.8 Å². The quantitative estimate of drug-likeness (QED) is 0.0112. The third kappa shape index (κ3) is 34.6. The van der Waals surface area contributed by atoms with E-state index in [4.69, 9.17) is 43.2 Å². The molecule has 45 heteroatoms. The zero-order valence-corrected chi connectivity index (χ0v) is 75.0. The Morgan fingerprint density at radius 3 is 1.53 bits per heavy atom. The van der Waals surface area contributed by atoms with Crippen molar-refractivity contribution in [2.75, 3.05) is 56.1 Å². The van der Waals surface area contributed by atoms with Crippen molar-refractivity contribution in [3.05, 3.63) is 143 Å². The molecule has 744 valence electrons. The molecule has 6 aliphatic heterocycles. The first-order valence-corrected chi connectivity index (χ1v) is 43.2. The molecule has 4 saturated heterocycles. The predicted octanol–water partition coefficient (Wildman–Crippen LogP) is 20.4. The van der Waals surface area contributed by atoms with Gasteiger partial charge in [-0.15, -0.1) is 22.4 Å². The number of hydrogen-bond acceptors (Lipinski definition) is 25. The number of amides is 4. The smallest absolute Gasteiger partial charge is 0.507 e. The number of aromatic hydroxyl groups is 2. The standard InChI is InChI=1S/C20H23F4NO6S.C19H24FNO4.C16H25BN2O3.C11H19NO3.C8H5F6NO4S2.C8H7FO3.5CH4/c1-18(2,3)30-17(26)25-9-4-7-19(8-10-25)12-16(31-32(27,28)20(22,23)24)14-11-13(21)5-6-15(14)29-19;1-18(2,3)25-17(23)21-9-4-7-19(8-10-21)12-15(22)14-11-13(20)5-6-16(14)24-19;1-7-19(8-2)14(20)13-10-9-12(11-18-13)17-21-15(3,4)16(5,6)22-17;1-11(2,3)15-10(14)12-7-4-5-9(13)6-8-12;9-7(10,11)18-19-20-15(6-4-2-1-3-5-6)21(16,17)8(12,13)14;1-4(10)7-6(11)3-2-5(9)8(7)12;;;;;/h5-6,11-12H,4,7-10H2,1-3H3;5-6,11H,4,7-10,12H2,1-3H3;9-11H,7-8H2,1-6H3;4-8H2,1-3H3;1-5H;2-3,11-12H,1H3;5*1H4. The van der Waals surface area contributed by atoms with Crippen molar-refractivity contribution in [1.82, 2.24) is 24.6 Å². The van der Waals surface area contributed by atoms with Gasteiger partial charge in [-0.3, -0.25) is 24.2 Å². The second-order valence-corrected chi connectivity index (χ2v) is 37.6. The number of benzene rings is 4. The molecular weight excluding hydrogens is 1830 g/mol. The van der Waals surface area contributed by atoms with Crippen LogP contribution in [-0.2, 0) is 61.9 Å². The third-order valence-corrected chi connectivity index (χ3v) is 22.9. The summed E-state index contributed by atoms with van der Waals surface area (Å²) in [6, 6.07) is 18.2. The number of nitrogens with zero attached hydrogens (tertiary/aromatic N) is 6. The summed E-state index contributed by atoms with van der Waals surface area (Å²) < 4.78 is 244. The average Bonchev–Trinajstić information content (AvgIpc) is 0.801. The summed E-state index contributed by atoms with van der Waals surface area (Å²) in [5, 5.41) is 18.0. The maximum Gasteiger partial charge on any atom is 0.550 e. The Balaban J connectivity index is 0.000000804. The van der Waals surface area contributed by atoms with Crippen molar-refractivity contribution in [2.45, 2.75) is 269 Å². The Morgan fingerprint density at radius 1 is 0.583 bits per heavy atom. The first-order chi connectivity index (χ1) is 58.4. The Morgan fingerprint density at radius 2 is 1.07 bits per heavy atom. The summed E-state index contributed by atoms with van der Waals surface area (Å²) in [7, 11) is -12.4. The van der Waals surface area contributed by atoms with Crippen LogP contribution in [0.15, 0.2) is 103 Å². The molecule has 7 heterocycles. The molecule has 11 rings (SSSR count). The molecule has 1 aromatic heterocycles. The lowest BCUT2D eigenvalue weighted by atomic mass is 9.80. The molecule has 4 fully saturated rings. The van der Waals surface area contributed by atoms with E-state index >= 15 is 0 Å². The van der Waals surface area contributed by atoms with E-state index < -0.39 is 141 Å². The zero-order chi connectivity index (χ0) is 95.8. The van der Waals surface area contributed by atoms with Crippen molar-refractivity contribution in [2.24, 2.45) is 0 Å². The summed E-state index contributed by atoms with van der Waals surface area (Å²) >= 11 is -0.782. The molecule has 132 heavy (non-hydrogen) atoms. The Bertz CT molecular complexity index is 4940. The molecule has 0 bridgehead atoms. The topological polar surface area (TPSA) is 350 Å². The van der Waals surface area contributed by atoms with Crippen LogP contribution in [0.3, 0.4) is 0 Å². The lowest BCUT2D eigenvalue weighted by Crippen LogP contribution is -2.43. The van der Waals surface area contributed by atoms with Gasteiger partial charge in [-0.2, -0.15) is 46.9 Å². The molecule has 4 aromatic carbocycles. The number of rotatable bonds is 12. The van der Waals surface area contributed by atoms with Crippen LogP contribution in [0.4, 0.5) is 72.8 Å². The number of phenols is 2. The number of aromatic nitrogens is 1. The molecule has 0 saturated carbocycles.